The van der Waals surface area contributed by atoms with Gasteiger partial charge in [0.05, 0.1) is 0 Å². The number of hydrogen-bond acceptors (Lipinski definition) is 1. The smallest absolute Gasteiger partial charge is 0.174 e. The Morgan fingerprint density at radius 1 is 1.06 bits per heavy atom. The van der Waals surface area contributed by atoms with Crippen molar-refractivity contribution in [3.8, 4) is 0 Å². The molecule has 0 radical (unpaired) electrons. The van der Waals surface area contributed by atoms with E-state index in [1.165, 1.54) is 20.5 Å². The fourth-order valence-corrected chi connectivity index (χ4v) is 2.82. The average Bonchev–Trinajstić information content (AvgIpc) is 2.81. The first-order chi connectivity index (χ1) is 8.81. The van der Waals surface area contributed by atoms with Gasteiger partial charge in [-0.05, 0) is 30.0 Å². The zero-order valence-electron chi connectivity index (χ0n) is 10.2. The Morgan fingerprint density at radius 3 is 2.61 bits per heavy atom. The molecule has 2 heterocycles. The Morgan fingerprint density at radius 2 is 1.83 bits per heavy atom. The third-order valence-electron chi connectivity index (χ3n) is 2.87. The van der Waals surface area contributed by atoms with Crippen LogP contribution in [-0.2, 0) is 0 Å². The van der Waals surface area contributed by atoms with E-state index in [1.54, 1.807) is 0 Å². The predicted molar refractivity (Wildman–Crippen MR) is 78.4 cm³/mol. The molecule has 0 atom stereocenters. The largest absolute Gasteiger partial charge is 0.175 e. The van der Waals surface area contributed by atoms with Crippen molar-refractivity contribution in [2.24, 2.45) is 0 Å². The molecule has 0 amide bonds. The van der Waals surface area contributed by atoms with Crippen LogP contribution >= 0.6 is 11.3 Å². The summed E-state index contributed by atoms with van der Waals surface area (Å²) in [6.45, 7) is 2.10. The maximum absolute atomic E-state index is 2.23. The molecule has 1 nitrogen and oxygen atoms in total. The molecule has 0 aliphatic rings. The predicted octanol–water partition coefficient (Wildman–Crippen LogP) is 4.13. The molecule has 2 heteroatoms. The van der Waals surface area contributed by atoms with Crippen molar-refractivity contribution in [2.45, 2.75) is 6.92 Å². The van der Waals surface area contributed by atoms with E-state index < -0.39 is 0 Å². The first kappa shape index (κ1) is 11.2. The van der Waals surface area contributed by atoms with Crippen molar-refractivity contribution >= 4 is 33.7 Å². The molecule has 2 aromatic heterocycles. The molecule has 0 fully saturated rings. The van der Waals surface area contributed by atoms with Gasteiger partial charge in [-0.25, -0.2) is 0 Å². The number of hydrogen-bond donors (Lipinski definition) is 0. The minimum absolute atomic E-state index is 1.28. The summed E-state index contributed by atoms with van der Waals surface area (Å²) in [6.07, 6.45) is 8.38. The van der Waals surface area contributed by atoms with Crippen molar-refractivity contribution in [3.63, 3.8) is 0 Å². The van der Waals surface area contributed by atoms with Gasteiger partial charge in [-0.1, -0.05) is 18.2 Å². The Bertz CT molecular complexity index is 659. The summed E-state index contributed by atoms with van der Waals surface area (Å²) in [6, 6.07) is 14.9. The number of pyridine rings is 1. The number of aryl methyl sites for hydroxylation is 1. The highest BCUT2D eigenvalue weighted by molar-refractivity contribution is 7.19. The van der Waals surface area contributed by atoms with Crippen LogP contribution in [0.15, 0.2) is 54.9 Å². The van der Waals surface area contributed by atoms with Gasteiger partial charge in [0.1, 0.15) is 0 Å². The molecule has 0 bridgehead atoms. The quantitative estimate of drug-likeness (QED) is 0.604. The highest BCUT2D eigenvalue weighted by Crippen LogP contribution is 2.25. The van der Waals surface area contributed by atoms with E-state index in [9.17, 15) is 0 Å². The summed E-state index contributed by atoms with van der Waals surface area (Å²) >= 11 is 1.82. The van der Waals surface area contributed by atoms with Gasteiger partial charge in [-0.15, -0.1) is 11.3 Å². The molecule has 0 unspecified atom stereocenters. The van der Waals surface area contributed by atoms with Gasteiger partial charge < -0.3 is 0 Å². The average molecular weight is 252 g/mol. The second kappa shape index (κ2) is 4.75. The maximum Gasteiger partial charge on any atom is 0.175 e. The van der Waals surface area contributed by atoms with E-state index in [1.807, 2.05) is 11.3 Å². The van der Waals surface area contributed by atoms with Gasteiger partial charge in [0, 0.05) is 27.8 Å². The van der Waals surface area contributed by atoms with Gasteiger partial charge in [-0.3, -0.25) is 0 Å². The lowest BCUT2D eigenvalue weighted by atomic mass is 10.2. The molecule has 0 saturated carbocycles. The molecular weight excluding hydrogens is 238 g/mol. The van der Waals surface area contributed by atoms with E-state index >= 15 is 0 Å². The first-order valence-electron chi connectivity index (χ1n) is 5.95. The molecule has 18 heavy (non-hydrogen) atoms. The van der Waals surface area contributed by atoms with Crippen LogP contribution in [0, 0.1) is 6.92 Å². The molecule has 0 aliphatic heterocycles. The van der Waals surface area contributed by atoms with Crippen molar-refractivity contribution in [1.82, 2.24) is 0 Å². The normalized spacial score (nSPS) is 11.4. The van der Waals surface area contributed by atoms with E-state index in [4.69, 9.17) is 0 Å². The third-order valence-corrected chi connectivity index (χ3v) is 3.96. The van der Waals surface area contributed by atoms with Crippen molar-refractivity contribution in [3.05, 3.63) is 65.3 Å². The minimum Gasteiger partial charge on any atom is -0.174 e. The van der Waals surface area contributed by atoms with E-state index in [2.05, 4.69) is 78.6 Å². The molecule has 1 aromatic carbocycles. The molecule has 0 aliphatic carbocycles. The second-order valence-corrected chi connectivity index (χ2v) is 5.44. The highest BCUT2D eigenvalue weighted by atomic mass is 32.1. The van der Waals surface area contributed by atoms with Gasteiger partial charge >= 0.3 is 0 Å². The van der Waals surface area contributed by atoms with Crippen molar-refractivity contribution < 1.29 is 4.57 Å². The number of thiophene rings is 1. The highest BCUT2D eigenvalue weighted by Gasteiger charge is 1.99. The van der Waals surface area contributed by atoms with Crippen LogP contribution in [0.3, 0.4) is 0 Å². The lowest BCUT2D eigenvalue weighted by molar-refractivity contribution is -0.567. The van der Waals surface area contributed by atoms with Crippen molar-refractivity contribution in [1.29, 1.82) is 0 Å². The van der Waals surface area contributed by atoms with E-state index in [0.717, 1.165) is 0 Å². The van der Waals surface area contributed by atoms with Crippen LogP contribution in [-0.4, -0.2) is 0 Å². The Hall–Kier alpha value is -1.93. The number of fused-ring (bicyclic) bond motifs is 1. The number of aromatic nitrogens is 1. The van der Waals surface area contributed by atoms with Crippen LogP contribution in [0.4, 0.5) is 0 Å². The molecule has 88 valence electrons. The SMILES string of the molecule is Cc1cc[n+](/C=C/c2cc3ccccc3s2)cc1. The maximum atomic E-state index is 2.23. The van der Waals surface area contributed by atoms with Crippen LogP contribution < -0.4 is 4.57 Å². The fraction of sp³-hybridized carbons (Fsp3) is 0.0625. The Labute approximate surface area is 111 Å². The zero-order chi connectivity index (χ0) is 12.4. The molecule has 3 rings (SSSR count). The molecule has 0 saturated heterocycles. The van der Waals surface area contributed by atoms with Gasteiger partial charge in [0.2, 0.25) is 0 Å². The zero-order valence-corrected chi connectivity index (χ0v) is 11.0. The Kier molecular flexibility index (Phi) is 2.95. The summed E-state index contributed by atoms with van der Waals surface area (Å²) in [7, 11) is 0. The molecular formula is C16H14NS+. The summed E-state index contributed by atoms with van der Waals surface area (Å²) in [5.41, 5.74) is 1.28. The summed E-state index contributed by atoms with van der Waals surface area (Å²) in [5.74, 6) is 0. The van der Waals surface area contributed by atoms with Crippen LogP contribution in [0.1, 0.15) is 10.4 Å². The lowest BCUT2D eigenvalue weighted by Crippen LogP contribution is -2.23. The summed E-state index contributed by atoms with van der Waals surface area (Å²) in [5, 5.41) is 1.32. The van der Waals surface area contributed by atoms with E-state index in [-0.39, 0.29) is 0 Å². The van der Waals surface area contributed by atoms with Crippen LogP contribution in [0.25, 0.3) is 22.4 Å². The lowest BCUT2D eigenvalue weighted by Gasteiger charge is -1.88. The van der Waals surface area contributed by atoms with Gasteiger partial charge in [-0.2, -0.15) is 4.57 Å². The first-order valence-corrected chi connectivity index (χ1v) is 6.77. The number of benzene rings is 1. The number of rotatable bonds is 2. The molecule has 3 aromatic rings. The minimum atomic E-state index is 1.28. The Balaban J connectivity index is 1.89. The van der Waals surface area contributed by atoms with E-state index in [0.29, 0.717) is 0 Å². The number of nitrogens with zero attached hydrogens (tertiary/aromatic N) is 1. The monoisotopic (exact) mass is 252 g/mol. The second-order valence-electron chi connectivity index (χ2n) is 4.33. The molecule has 0 N–H and O–H groups in total. The summed E-state index contributed by atoms with van der Waals surface area (Å²) < 4.78 is 3.41. The topological polar surface area (TPSA) is 3.88 Å². The van der Waals surface area contributed by atoms with Gasteiger partial charge in [0.25, 0.3) is 0 Å². The standard InChI is InChI=1S/C16H14NS/c1-13-6-9-17(10-7-13)11-8-15-12-14-4-2-3-5-16(14)18-15/h2-12H,1H3/q+1/b11-8+. The molecule has 0 spiro atoms. The van der Waals surface area contributed by atoms with Crippen LogP contribution in [0.2, 0.25) is 0 Å². The third kappa shape index (κ3) is 2.34. The van der Waals surface area contributed by atoms with Gasteiger partial charge in [0.15, 0.2) is 18.6 Å². The van der Waals surface area contributed by atoms with Crippen LogP contribution in [0.5, 0.6) is 0 Å². The summed E-state index contributed by atoms with van der Waals surface area (Å²) in [4.78, 5) is 1.28. The van der Waals surface area contributed by atoms with Crippen molar-refractivity contribution in [2.75, 3.05) is 0 Å². The fourth-order valence-electron chi connectivity index (χ4n) is 1.86.